The molecule has 6 heteroatoms. The maximum Gasteiger partial charge on any atom is 0.257 e. The number of thiocarbonyl (C=S) groups is 1. The number of nitrogens with one attached hydrogen (secondary N) is 2. The van der Waals surface area contributed by atoms with Crippen LogP contribution in [0, 0.1) is 6.92 Å². The molecule has 29 heavy (non-hydrogen) atoms. The molecule has 0 atom stereocenters. The Hall–Kier alpha value is -2.57. The van der Waals surface area contributed by atoms with Crippen molar-refractivity contribution in [2.75, 3.05) is 26.0 Å². The van der Waals surface area contributed by atoms with Gasteiger partial charge in [0.2, 0.25) is 0 Å². The number of rotatable bonds is 9. The number of amides is 1. The van der Waals surface area contributed by atoms with Crippen LogP contribution in [0.4, 0.5) is 5.69 Å². The van der Waals surface area contributed by atoms with E-state index in [0.717, 1.165) is 36.2 Å². The molecule has 154 valence electrons. The molecule has 2 rings (SSSR count). The lowest BCUT2D eigenvalue weighted by Gasteiger charge is -2.11. The molecule has 2 aromatic rings. The average Bonchev–Trinajstić information content (AvgIpc) is 2.67. The number of hydrogen-bond acceptors (Lipinski definition) is 4. The molecule has 0 aliphatic carbocycles. The lowest BCUT2D eigenvalue weighted by Crippen LogP contribution is -2.34. The van der Waals surface area contributed by atoms with Crippen molar-refractivity contribution in [3.05, 3.63) is 65.2 Å². The Kier molecular flexibility index (Phi) is 8.96. The highest BCUT2D eigenvalue weighted by molar-refractivity contribution is 7.80. The van der Waals surface area contributed by atoms with Gasteiger partial charge in [-0.15, -0.1) is 0 Å². The van der Waals surface area contributed by atoms with Crippen LogP contribution in [0.25, 0.3) is 0 Å². The van der Waals surface area contributed by atoms with Gasteiger partial charge in [-0.3, -0.25) is 14.9 Å². The molecule has 0 aliphatic heterocycles. The number of ketones is 1. The van der Waals surface area contributed by atoms with Gasteiger partial charge >= 0.3 is 0 Å². The van der Waals surface area contributed by atoms with Gasteiger partial charge in [0, 0.05) is 24.1 Å². The smallest absolute Gasteiger partial charge is 0.257 e. The lowest BCUT2D eigenvalue weighted by atomic mass is 10.0. The highest BCUT2D eigenvalue weighted by Gasteiger charge is 2.10. The molecule has 0 aliphatic rings. The molecule has 0 radical (unpaired) electrons. The van der Waals surface area contributed by atoms with Gasteiger partial charge in [-0.05, 0) is 81.9 Å². The molecule has 5 nitrogen and oxygen atoms in total. The summed E-state index contributed by atoms with van der Waals surface area (Å²) in [6, 6.07) is 14.9. The predicted molar refractivity (Wildman–Crippen MR) is 122 cm³/mol. The van der Waals surface area contributed by atoms with E-state index in [9.17, 15) is 9.59 Å². The molecular weight excluding hydrogens is 382 g/mol. The van der Waals surface area contributed by atoms with Crippen LogP contribution in [0.1, 0.15) is 40.7 Å². The van der Waals surface area contributed by atoms with E-state index in [0.29, 0.717) is 18.4 Å². The second-order valence-electron chi connectivity index (χ2n) is 7.40. The first-order chi connectivity index (χ1) is 13.8. The van der Waals surface area contributed by atoms with Crippen LogP contribution in [0.3, 0.4) is 0 Å². The lowest BCUT2D eigenvalue weighted by molar-refractivity contribution is -0.118. The van der Waals surface area contributed by atoms with Gasteiger partial charge in [-0.2, -0.15) is 0 Å². The Balaban J connectivity index is 1.79. The molecule has 2 N–H and O–H groups in total. The van der Waals surface area contributed by atoms with Crippen LogP contribution in [-0.2, 0) is 11.2 Å². The molecule has 0 saturated carbocycles. The van der Waals surface area contributed by atoms with Crippen molar-refractivity contribution >= 4 is 34.7 Å². The van der Waals surface area contributed by atoms with E-state index in [4.69, 9.17) is 12.2 Å². The molecule has 0 saturated heterocycles. The standard InChI is InChI=1S/C23H29N3O2S/c1-17-8-4-5-10-21(17)22(28)25-23(29)24-19-13-11-18(12-14-19)16-20(27)9-6-7-15-26(2)3/h4-5,8,10-14H,6-7,9,15-16H2,1-3H3,(H2,24,25,28,29). The number of benzene rings is 2. The molecule has 0 fully saturated rings. The number of aryl methyl sites for hydroxylation is 1. The second kappa shape index (κ2) is 11.4. The fraction of sp³-hybridized carbons (Fsp3) is 0.348. The van der Waals surface area contributed by atoms with E-state index in [1.54, 1.807) is 6.07 Å². The minimum atomic E-state index is -0.239. The van der Waals surface area contributed by atoms with Crippen LogP contribution < -0.4 is 10.6 Å². The van der Waals surface area contributed by atoms with Crippen molar-refractivity contribution in [3.8, 4) is 0 Å². The maximum absolute atomic E-state index is 12.3. The van der Waals surface area contributed by atoms with Crippen molar-refractivity contribution in [3.63, 3.8) is 0 Å². The summed E-state index contributed by atoms with van der Waals surface area (Å²) in [6.07, 6.45) is 3.01. The Morgan fingerprint density at radius 3 is 2.34 bits per heavy atom. The number of anilines is 1. The van der Waals surface area contributed by atoms with Crippen LogP contribution in [-0.4, -0.2) is 42.3 Å². The number of carbonyl (C=O) groups is 2. The van der Waals surface area contributed by atoms with E-state index in [-0.39, 0.29) is 16.8 Å². The summed E-state index contributed by atoms with van der Waals surface area (Å²) in [5.74, 6) is 0.0163. The summed E-state index contributed by atoms with van der Waals surface area (Å²) in [5, 5.41) is 5.94. The summed E-state index contributed by atoms with van der Waals surface area (Å²) in [5.41, 5.74) is 3.23. The van der Waals surface area contributed by atoms with E-state index in [1.807, 2.05) is 63.5 Å². The molecule has 0 bridgehead atoms. The second-order valence-corrected chi connectivity index (χ2v) is 7.80. The van der Waals surface area contributed by atoms with Gasteiger partial charge in [0.1, 0.15) is 5.78 Å². The topological polar surface area (TPSA) is 61.4 Å². The molecule has 0 heterocycles. The largest absolute Gasteiger partial charge is 0.332 e. The van der Waals surface area contributed by atoms with Crippen LogP contribution >= 0.6 is 12.2 Å². The summed E-state index contributed by atoms with van der Waals surface area (Å²) >= 11 is 5.24. The van der Waals surface area contributed by atoms with Gasteiger partial charge in [0.25, 0.3) is 5.91 Å². The maximum atomic E-state index is 12.3. The van der Waals surface area contributed by atoms with Gasteiger partial charge in [-0.25, -0.2) is 0 Å². The molecule has 2 aromatic carbocycles. The SMILES string of the molecule is Cc1ccccc1C(=O)NC(=S)Nc1ccc(CC(=O)CCCCN(C)C)cc1. The zero-order chi connectivity index (χ0) is 21.2. The molecular formula is C23H29N3O2S. The highest BCUT2D eigenvalue weighted by atomic mass is 32.1. The van der Waals surface area contributed by atoms with E-state index >= 15 is 0 Å². The van der Waals surface area contributed by atoms with Gasteiger partial charge in [-0.1, -0.05) is 30.3 Å². The zero-order valence-electron chi connectivity index (χ0n) is 17.3. The molecule has 1 amide bonds. The highest BCUT2D eigenvalue weighted by Crippen LogP contribution is 2.12. The monoisotopic (exact) mass is 411 g/mol. The van der Waals surface area contributed by atoms with Crippen molar-refractivity contribution in [1.82, 2.24) is 10.2 Å². The third-order valence-corrected chi connectivity index (χ3v) is 4.74. The van der Waals surface area contributed by atoms with Crippen molar-refractivity contribution in [2.24, 2.45) is 0 Å². The molecule has 0 spiro atoms. The van der Waals surface area contributed by atoms with Gasteiger partial charge < -0.3 is 10.2 Å². The predicted octanol–water partition coefficient (Wildman–Crippen LogP) is 3.97. The Labute approximate surface area is 178 Å². The molecule has 0 unspecified atom stereocenters. The Morgan fingerprint density at radius 2 is 1.69 bits per heavy atom. The number of Topliss-reactive ketones (excluding diaryl/α,β-unsaturated/α-hetero) is 1. The summed E-state index contributed by atoms with van der Waals surface area (Å²) < 4.78 is 0. The van der Waals surface area contributed by atoms with Crippen LogP contribution in [0.2, 0.25) is 0 Å². The fourth-order valence-electron chi connectivity index (χ4n) is 2.93. The van der Waals surface area contributed by atoms with Gasteiger partial charge in [0.05, 0.1) is 0 Å². The first-order valence-corrected chi connectivity index (χ1v) is 10.2. The average molecular weight is 412 g/mol. The Morgan fingerprint density at radius 1 is 1.00 bits per heavy atom. The minimum absolute atomic E-state index is 0.239. The van der Waals surface area contributed by atoms with E-state index in [1.165, 1.54) is 0 Å². The fourth-order valence-corrected chi connectivity index (χ4v) is 3.14. The van der Waals surface area contributed by atoms with Crippen molar-refractivity contribution < 1.29 is 9.59 Å². The number of carbonyl (C=O) groups excluding carboxylic acids is 2. The van der Waals surface area contributed by atoms with Gasteiger partial charge in [0.15, 0.2) is 5.11 Å². The van der Waals surface area contributed by atoms with E-state index < -0.39 is 0 Å². The van der Waals surface area contributed by atoms with Crippen LogP contribution in [0.15, 0.2) is 48.5 Å². The normalized spacial score (nSPS) is 10.6. The van der Waals surface area contributed by atoms with Crippen molar-refractivity contribution in [2.45, 2.75) is 32.6 Å². The van der Waals surface area contributed by atoms with E-state index in [2.05, 4.69) is 15.5 Å². The van der Waals surface area contributed by atoms with Crippen LogP contribution in [0.5, 0.6) is 0 Å². The summed E-state index contributed by atoms with van der Waals surface area (Å²) in [6.45, 7) is 2.89. The molecule has 0 aromatic heterocycles. The quantitative estimate of drug-likeness (QED) is 0.483. The third-order valence-electron chi connectivity index (χ3n) is 4.54. The minimum Gasteiger partial charge on any atom is -0.332 e. The first-order valence-electron chi connectivity index (χ1n) is 9.78. The number of unbranched alkanes of at least 4 members (excludes halogenated alkanes) is 1. The first kappa shape index (κ1) is 22.7. The van der Waals surface area contributed by atoms with Crippen molar-refractivity contribution in [1.29, 1.82) is 0 Å². The number of nitrogens with zero attached hydrogens (tertiary/aromatic N) is 1. The zero-order valence-corrected chi connectivity index (χ0v) is 18.1. The Bertz CT molecular complexity index is 847. The number of hydrogen-bond donors (Lipinski definition) is 2. The summed E-state index contributed by atoms with van der Waals surface area (Å²) in [7, 11) is 4.08. The summed E-state index contributed by atoms with van der Waals surface area (Å²) in [4.78, 5) is 26.5. The third kappa shape index (κ3) is 8.13.